The van der Waals surface area contributed by atoms with Crippen LogP contribution in [0.4, 0.5) is 14.0 Å². The van der Waals surface area contributed by atoms with Gasteiger partial charge in [-0.15, -0.1) is 0 Å². The van der Waals surface area contributed by atoms with Crippen LogP contribution in [-0.4, -0.2) is 84.6 Å². The van der Waals surface area contributed by atoms with E-state index in [2.05, 4.69) is 15.5 Å². The van der Waals surface area contributed by atoms with Crippen molar-refractivity contribution >= 4 is 18.0 Å². The number of ether oxygens (including phenoxy) is 1. The molecule has 10 heteroatoms. The second kappa shape index (κ2) is 10.9. The highest BCUT2D eigenvalue weighted by molar-refractivity contribution is 5.95. The minimum atomic E-state index is -0.756. The molecule has 186 valence electrons. The molecule has 34 heavy (non-hydrogen) atoms. The van der Waals surface area contributed by atoms with E-state index in [1.807, 2.05) is 20.8 Å². The van der Waals surface area contributed by atoms with Crippen LogP contribution in [0.5, 0.6) is 0 Å². The van der Waals surface area contributed by atoms with Gasteiger partial charge in [-0.05, 0) is 45.4 Å². The Hall–Kier alpha value is -3.14. The van der Waals surface area contributed by atoms with Crippen molar-refractivity contribution in [2.75, 3.05) is 39.8 Å². The molecule has 0 saturated carbocycles. The maximum atomic E-state index is 13.5. The number of rotatable bonds is 6. The standard InChI is InChI=1S/C24H34FN5O4/c1-6-34-22(31)20-19(14-29-11-12-30(16(4)13-29)24(33)26-15(2)3)28(5)23(32)27-21(20)17-7-9-18(25)10-8-17/h7-10,15-16,21H,6,11-14H2,1-5H3,(H,26,33)(H,27,32). The van der Waals surface area contributed by atoms with Crippen LogP contribution in [0.1, 0.15) is 39.3 Å². The normalized spacial score (nSPS) is 21.6. The lowest BCUT2D eigenvalue weighted by atomic mass is 9.94. The summed E-state index contributed by atoms with van der Waals surface area (Å²) < 4.78 is 18.8. The van der Waals surface area contributed by atoms with Crippen LogP contribution in [-0.2, 0) is 9.53 Å². The molecule has 0 radical (unpaired) electrons. The van der Waals surface area contributed by atoms with Crippen molar-refractivity contribution in [2.24, 2.45) is 0 Å². The average Bonchev–Trinajstić information content (AvgIpc) is 2.77. The van der Waals surface area contributed by atoms with Crippen molar-refractivity contribution < 1.29 is 23.5 Å². The first-order chi connectivity index (χ1) is 16.1. The molecular formula is C24H34FN5O4. The first-order valence-electron chi connectivity index (χ1n) is 11.6. The summed E-state index contributed by atoms with van der Waals surface area (Å²) in [4.78, 5) is 43.7. The van der Waals surface area contributed by atoms with Crippen LogP contribution in [0.3, 0.4) is 0 Å². The zero-order valence-corrected chi connectivity index (χ0v) is 20.4. The van der Waals surface area contributed by atoms with Crippen molar-refractivity contribution in [1.82, 2.24) is 25.3 Å². The van der Waals surface area contributed by atoms with Gasteiger partial charge in [-0.3, -0.25) is 9.80 Å². The first-order valence-corrected chi connectivity index (χ1v) is 11.6. The molecule has 0 aromatic heterocycles. The Balaban J connectivity index is 1.89. The number of carbonyl (C=O) groups is 3. The molecule has 4 amide bonds. The van der Waals surface area contributed by atoms with E-state index in [9.17, 15) is 18.8 Å². The zero-order chi connectivity index (χ0) is 25.0. The monoisotopic (exact) mass is 475 g/mol. The van der Waals surface area contributed by atoms with Gasteiger partial charge in [0.15, 0.2) is 0 Å². The first kappa shape index (κ1) is 25.5. The molecule has 2 heterocycles. The number of urea groups is 2. The van der Waals surface area contributed by atoms with Crippen molar-refractivity contribution in [3.8, 4) is 0 Å². The van der Waals surface area contributed by atoms with Crippen LogP contribution in [0.2, 0.25) is 0 Å². The van der Waals surface area contributed by atoms with Gasteiger partial charge in [0.05, 0.1) is 18.2 Å². The molecule has 2 atom stereocenters. The van der Waals surface area contributed by atoms with Gasteiger partial charge in [-0.1, -0.05) is 12.1 Å². The number of amides is 4. The molecule has 3 rings (SSSR count). The molecule has 1 saturated heterocycles. The largest absolute Gasteiger partial charge is 0.463 e. The van der Waals surface area contributed by atoms with Crippen molar-refractivity contribution in [2.45, 2.75) is 45.8 Å². The number of nitrogens with one attached hydrogen (secondary N) is 2. The number of halogens is 1. The van der Waals surface area contributed by atoms with Gasteiger partial charge in [0, 0.05) is 51.0 Å². The molecule has 0 spiro atoms. The molecule has 2 aliphatic heterocycles. The van der Waals surface area contributed by atoms with Gasteiger partial charge < -0.3 is 20.3 Å². The molecule has 2 N–H and O–H groups in total. The van der Waals surface area contributed by atoms with Crippen LogP contribution >= 0.6 is 0 Å². The van der Waals surface area contributed by atoms with E-state index in [0.29, 0.717) is 43.0 Å². The maximum absolute atomic E-state index is 13.5. The van der Waals surface area contributed by atoms with Gasteiger partial charge >= 0.3 is 18.0 Å². The number of benzene rings is 1. The summed E-state index contributed by atoms with van der Waals surface area (Å²) in [5.41, 5.74) is 1.44. The fourth-order valence-corrected chi connectivity index (χ4v) is 4.32. The topological polar surface area (TPSA) is 94.2 Å². The molecule has 9 nitrogen and oxygen atoms in total. The number of esters is 1. The predicted octanol–water partition coefficient (Wildman–Crippen LogP) is 2.46. The van der Waals surface area contributed by atoms with Gasteiger partial charge in [0.1, 0.15) is 5.82 Å². The molecule has 0 aliphatic carbocycles. The highest BCUT2D eigenvalue weighted by atomic mass is 19.1. The number of hydrogen-bond donors (Lipinski definition) is 2. The Bertz CT molecular complexity index is 949. The highest BCUT2D eigenvalue weighted by Crippen LogP contribution is 2.32. The molecular weight excluding hydrogens is 441 g/mol. The van der Waals surface area contributed by atoms with E-state index < -0.39 is 17.8 Å². The van der Waals surface area contributed by atoms with Crippen molar-refractivity contribution in [3.63, 3.8) is 0 Å². The van der Waals surface area contributed by atoms with Crippen molar-refractivity contribution in [1.29, 1.82) is 0 Å². The Labute approximate surface area is 199 Å². The molecule has 1 fully saturated rings. The fourth-order valence-electron chi connectivity index (χ4n) is 4.32. The Morgan fingerprint density at radius 3 is 2.50 bits per heavy atom. The van der Waals surface area contributed by atoms with Gasteiger partial charge in [-0.2, -0.15) is 0 Å². The smallest absolute Gasteiger partial charge is 0.338 e. The number of piperazine rings is 1. The second-order valence-electron chi connectivity index (χ2n) is 8.96. The average molecular weight is 476 g/mol. The van der Waals surface area contributed by atoms with Crippen molar-refractivity contribution in [3.05, 3.63) is 46.9 Å². The lowest BCUT2D eigenvalue weighted by molar-refractivity contribution is -0.139. The number of carbonyl (C=O) groups excluding carboxylic acids is 3. The van der Waals surface area contributed by atoms with Gasteiger partial charge in [0.25, 0.3) is 0 Å². The summed E-state index contributed by atoms with van der Waals surface area (Å²) in [5.74, 6) is -0.931. The summed E-state index contributed by atoms with van der Waals surface area (Å²) in [6.45, 7) is 9.76. The molecule has 1 aromatic rings. The Morgan fingerprint density at radius 1 is 1.24 bits per heavy atom. The summed E-state index contributed by atoms with van der Waals surface area (Å²) in [6.07, 6.45) is 0. The third kappa shape index (κ3) is 5.67. The minimum absolute atomic E-state index is 0.0465. The van der Waals surface area contributed by atoms with Crippen LogP contribution in [0.25, 0.3) is 0 Å². The zero-order valence-electron chi connectivity index (χ0n) is 20.4. The SMILES string of the molecule is CCOC(=O)C1=C(CN2CCN(C(=O)NC(C)C)C(C)C2)N(C)C(=O)NC1c1ccc(F)cc1. The van der Waals surface area contributed by atoms with E-state index in [-0.39, 0.29) is 30.8 Å². The molecule has 1 aromatic carbocycles. The molecule has 2 aliphatic rings. The maximum Gasteiger partial charge on any atom is 0.338 e. The van der Waals surface area contributed by atoms with E-state index >= 15 is 0 Å². The molecule has 2 unspecified atom stereocenters. The summed E-state index contributed by atoms with van der Waals surface area (Å²) in [5, 5.41) is 5.76. The Kier molecular flexibility index (Phi) is 8.14. The van der Waals surface area contributed by atoms with E-state index in [1.54, 1.807) is 31.0 Å². The van der Waals surface area contributed by atoms with Gasteiger partial charge in [-0.25, -0.2) is 18.8 Å². The van der Waals surface area contributed by atoms with Crippen LogP contribution < -0.4 is 10.6 Å². The lowest BCUT2D eigenvalue weighted by Crippen LogP contribution is -2.58. The van der Waals surface area contributed by atoms with Crippen LogP contribution in [0, 0.1) is 5.82 Å². The van der Waals surface area contributed by atoms with E-state index in [4.69, 9.17) is 4.74 Å². The summed E-state index contributed by atoms with van der Waals surface area (Å²) >= 11 is 0. The molecule has 0 bridgehead atoms. The third-order valence-electron chi connectivity index (χ3n) is 6.03. The lowest BCUT2D eigenvalue weighted by Gasteiger charge is -2.42. The van der Waals surface area contributed by atoms with E-state index in [0.717, 1.165) is 0 Å². The number of likely N-dealkylation sites (N-methyl/N-ethyl adjacent to an activating group) is 1. The summed E-state index contributed by atoms with van der Waals surface area (Å²) in [6, 6.07) is 4.49. The number of nitrogens with zero attached hydrogens (tertiary/aromatic N) is 3. The fraction of sp³-hybridized carbons (Fsp3) is 0.542. The van der Waals surface area contributed by atoms with Gasteiger partial charge in [0.2, 0.25) is 0 Å². The minimum Gasteiger partial charge on any atom is -0.463 e. The summed E-state index contributed by atoms with van der Waals surface area (Å²) in [7, 11) is 1.61. The highest BCUT2D eigenvalue weighted by Gasteiger charge is 2.38. The second-order valence-corrected chi connectivity index (χ2v) is 8.96. The van der Waals surface area contributed by atoms with E-state index in [1.165, 1.54) is 17.0 Å². The number of hydrogen-bond acceptors (Lipinski definition) is 5. The Morgan fingerprint density at radius 2 is 1.91 bits per heavy atom. The third-order valence-corrected chi connectivity index (χ3v) is 6.03. The van der Waals surface area contributed by atoms with Crippen LogP contribution in [0.15, 0.2) is 35.5 Å². The quantitative estimate of drug-likeness (QED) is 0.617. The predicted molar refractivity (Wildman–Crippen MR) is 125 cm³/mol.